The lowest BCUT2D eigenvalue weighted by Gasteiger charge is -2.28. The number of amides is 1. The summed E-state index contributed by atoms with van der Waals surface area (Å²) in [5, 5.41) is 9.49. The first kappa shape index (κ1) is 18.0. The number of hydrogen-bond acceptors (Lipinski definition) is 3. The Labute approximate surface area is 131 Å². The summed E-state index contributed by atoms with van der Waals surface area (Å²) >= 11 is 0. The van der Waals surface area contributed by atoms with Crippen molar-refractivity contribution < 1.29 is 19.4 Å². The van der Waals surface area contributed by atoms with E-state index in [1.165, 1.54) is 4.90 Å². The molecule has 1 rings (SSSR count). The Balaban J connectivity index is 2.78. The van der Waals surface area contributed by atoms with Crippen LogP contribution in [0, 0.1) is 0 Å². The standard InChI is InChI=1S/C17H25NO4/c1-3-5-13-18(17(21)22-4-2)15(16(19)20)12-11-14-9-7-6-8-10-14/h6-10,15H,3-5,11-13H2,1-2H3,(H,19,20). The van der Waals surface area contributed by atoms with Gasteiger partial charge in [0.05, 0.1) is 6.61 Å². The van der Waals surface area contributed by atoms with E-state index in [2.05, 4.69) is 0 Å². The summed E-state index contributed by atoms with van der Waals surface area (Å²) in [5.41, 5.74) is 1.06. The van der Waals surface area contributed by atoms with Crippen molar-refractivity contribution in [1.29, 1.82) is 0 Å². The second-order valence-corrected chi connectivity index (χ2v) is 5.12. The number of hydrogen-bond donors (Lipinski definition) is 1. The van der Waals surface area contributed by atoms with Crippen LogP contribution >= 0.6 is 0 Å². The van der Waals surface area contributed by atoms with Crippen molar-refractivity contribution in [3.8, 4) is 0 Å². The van der Waals surface area contributed by atoms with Gasteiger partial charge < -0.3 is 9.84 Å². The van der Waals surface area contributed by atoms with Crippen molar-refractivity contribution in [2.24, 2.45) is 0 Å². The van der Waals surface area contributed by atoms with Gasteiger partial charge in [-0.3, -0.25) is 4.90 Å². The SMILES string of the molecule is CCCCN(C(=O)OCC)C(CCc1ccccc1)C(=O)O. The van der Waals surface area contributed by atoms with Crippen LogP contribution in [-0.4, -0.2) is 41.3 Å². The first-order valence-electron chi connectivity index (χ1n) is 7.80. The first-order valence-corrected chi connectivity index (χ1v) is 7.80. The van der Waals surface area contributed by atoms with Crippen LogP contribution in [-0.2, 0) is 16.0 Å². The van der Waals surface area contributed by atoms with Gasteiger partial charge in [-0.05, 0) is 31.7 Å². The molecule has 1 aromatic rings. The molecule has 0 saturated carbocycles. The van der Waals surface area contributed by atoms with Gasteiger partial charge in [0.1, 0.15) is 6.04 Å². The summed E-state index contributed by atoms with van der Waals surface area (Å²) in [6.07, 6.45) is 2.09. The Morgan fingerprint density at radius 1 is 1.23 bits per heavy atom. The third-order valence-electron chi connectivity index (χ3n) is 3.47. The van der Waals surface area contributed by atoms with Gasteiger partial charge in [0.25, 0.3) is 0 Å². The highest BCUT2D eigenvalue weighted by molar-refractivity contribution is 5.80. The van der Waals surface area contributed by atoms with Crippen LogP contribution in [0.15, 0.2) is 30.3 Å². The van der Waals surface area contributed by atoms with E-state index in [9.17, 15) is 14.7 Å². The smallest absolute Gasteiger partial charge is 0.410 e. The molecule has 1 atom stereocenters. The quantitative estimate of drug-likeness (QED) is 0.760. The molecule has 0 radical (unpaired) electrons. The number of carbonyl (C=O) groups is 2. The summed E-state index contributed by atoms with van der Waals surface area (Å²) in [5.74, 6) is -0.986. The topological polar surface area (TPSA) is 66.8 Å². The Morgan fingerprint density at radius 2 is 1.91 bits per heavy atom. The molecule has 122 valence electrons. The fraction of sp³-hybridized carbons (Fsp3) is 0.529. The van der Waals surface area contributed by atoms with Crippen molar-refractivity contribution in [1.82, 2.24) is 4.90 Å². The first-order chi connectivity index (χ1) is 10.6. The third kappa shape index (κ3) is 5.76. The van der Waals surface area contributed by atoms with Gasteiger partial charge in [-0.2, -0.15) is 0 Å². The molecule has 0 aromatic heterocycles. The Bertz CT molecular complexity index is 461. The number of carboxylic acid groups (broad SMARTS) is 1. The number of unbranched alkanes of at least 4 members (excludes halogenated alkanes) is 1. The van der Waals surface area contributed by atoms with Crippen LogP contribution in [0.1, 0.15) is 38.7 Å². The van der Waals surface area contributed by atoms with Gasteiger partial charge >= 0.3 is 12.1 Å². The van der Waals surface area contributed by atoms with E-state index in [0.29, 0.717) is 19.4 Å². The number of benzene rings is 1. The molecule has 0 aliphatic carbocycles. The molecule has 1 aromatic carbocycles. The van der Waals surface area contributed by atoms with E-state index in [1.54, 1.807) is 6.92 Å². The van der Waals surface area contributed by atoms with E-state index in [4.69, 9.17) is 4.74 Å². The average Bonchev–Trinajstić information content (AvgIpc) is 2.51. The normalized spacial score (nSPS) is 11.7. The van der Waals surface area contributed by atoms with E-state index < -0.39 is 18.1 Å². The lowest BCUT2D eigenvalue weighted by atomic mass is 10.0. The van der Waals surface area contributed by atoms with Crippen LogP contribution in [0.5, 0.6) is 0 Å². The van der Waals surface area contributed by atoms with Gasteiger partial charge in [-0.25, -0.2) is 9.59 Å². The maximum absolute atomic E-state index is 12.0. The minimum Gasteiger partial charge on any atom is -0.480 e. The third-order valence-corrected chi connectivity index (χ3v) is 3.47. The van der Waals surface area contributed by atoms with Crippen LogP contribution in [0.4, 0.5) is 4.79 Å². The molecule has 0 aliphatic heterocycles. The monoisotopic (exact) mass is 307 g/mol. The van der Waals surface area contributed by atoms with E-state index >= 15 is 0 Å². The van der Waals surface area contributed by atoms with Crippen molar-refractivity contribution in [3.63, 3.8) is 0 Å². The number of nitrogens with zero attached hydrogens (tertiary/aromatic N) is 1. The zero-order chi connectivity index (χ0) is 16.4. The van der Waals surface area contributed by atoms with Crippen molar-refractivity contribution in [2.75, 3.05) is 13.2 Å². The Kier molecular flexibility index (Phi) is 8.04. The number of ether oxygens (including phenoxy) is 1. The molecule has 0 bridgehead atoms. The number of carboxylic acids is 1. The van der Waals surface area contributed by atoms with Gasteiger partial charge in [0.2, 0.25) is 0 Å². The minimum atomic E-state index is -0.986. The fourth-order valence-corrected chi connectivity index (χ4v) is 2.27. The molecule has 22 heavy (non-hydrogen) atoms. The van der Waals surface area contributed by atoms with Crippen LogP contribution < -0.4 is 0 Å². The maximum Gasteiger partial charge on any atom is 0.410 e. The zero-order valence-corrected chi connectivity index (χ0v) is 13.3. The molecule has 0 spiro atoms. The van der Waals surface area contributed by atoms with Crippen LogP contribution in [0.25, 0.3) is 0 Å². The summed E-state index contributed by atoms with van der Waals surface area (Å²) in [4.78, 5) is 25.0. The van der Waals surface area contributed by atoms with E-state index in [1.807, 2.05) is 37.3 Å². The highest BCUT2D eigenvalue weighted by Gasteiger charge is 2.29. The summed E-state index contributed by atoms with van der Waals surface area (Å²) in [6.45, 7) is 4.37. The highest BCUT2D eigenvalue weighted by Crippen LogP contribution is 2.13. The molecule has 0 aliphatic rings. The second kappa shape index (κ2) is 9.82. The Morgan fingerprint density at radius 3 is 2.45 bits per heavy atom. The molecule has 0 fully saturated rings. The molecule has 5 nitrogen and oxygen atoms in total. The van der Waals surface area contributed by atoms with Crippen molar-refractivity contribution in [3.05, 3.63) is 35.9 Å². The van der Waals surface area contributed by atoms with E-state index in [-0.39, 0.29) is 6.61 Å². The molecular formula is C17H25NO4. The molecule has 1 amide bonds. The van der Waals surface area contributed by atoms with Crippen molar-refractivity contribution >= 4 is 12.1 Å². The second-order valence-electron chi connectivity index (χ2n) is 5.12. The molecule has 1 unspecified atom stereocenters. The molecule has 0 saturated heterocycles. The largest absolute Gasteiger partial charge is 0.480 e. The highest BCUT2D eigenvalue weighted by atomic mass is 16.6. The number of aliphatic carboxylic acids is 1. The summed E-state index contributed by atoms with van der Waals surface area (Å²) in [7, 11) is 0. The van der Waals surface area contributed by atoms with Gasteiger partial charge in [0.15, 0.2) is 0 Å². The summed E-state index contributed by atoms with van der Waals surface area (Å²) in [6, 6.07) is 8.83. The zero-order valence-electron chi connectivity index (χ0n) is 13.3. The number of carbonyl (C=O) groups excluding carboxylic acids is 1. The van der Waals surface area contributed by atoms with Gasteiger partial charge in [-0.15, -0.1) is 0 Å². The lowest BCUT2D eigenvalue weighted by molar-refractivity contribution is -0.143. The molecular weight excluding hydrogens is 282 g/mol. The fourth-order valence-electron chi connectivity index (χ4n) is 2.27. The van der Waals surface area contributed by atoms with Crippen molar-refractivity contribution in [2.45, 2.75) is 45.6 Å². The maximum atomic E-state index is 12.0. The molecule has 0 heterocycles. The molecule has 5 heteroatoms. The number of aryl methyl sites for hydroxylation is 1. The molecule has 1 N–H and O–H groups in total. The predicted molar refractivity (Wildman–Crippen MR) is 84.8 cm³/mol. The Hall–Kier alpha value is -2.04. The minimum absolute atomic E-state index is 0.243. The number of rotatable bonds is 9. The van der Waals surface area contributed by atoms with Crippen LogP contribution in [0.2, 0.25) is 0 Å². The van der Waals surface area contributed by atoms with Crippen LogP contribution in [0.3, 0.4) is 0 Å². The average molecular weight is 307 g/mol. The van der Waals surface area contributed by atoms with Gasteiger partial charge in [0, 0.05) is 6.54 Å². The summed E-state index contributed by atoms with van der Waals surface area (Å²) < 4.78 is 5.01. The lowest BCUT2D eigenvalue weighted by Crippen LogP contribution is -2.46. The predicted octanol–water partition coefficient (Wildman–Crippen LogP) is 3.33. The van der Waals surface area contributed by atoms with Gasteiger partial charge in [-0.1, -0.05) is 43.7 Å². The van der Waals surface area contributed by atoms with E-state index in [0.717, 1.165) is 18.4 Å².